The fraction of sp³-hybridized carbons (Fsp3) is 0.250. The lowest BCUT2D eigenvalue weighted by Gasteiger charge is -2.26. The van der Waals surface area contributed by atoms with Crippen LogP contribution in [0.25, 0.3) is 0 Å². The first-order valence-corrected chi connectivity index (χ1v) is 4.80. The number of nitrogens with two attached hydrogens (primary N) is 4. The summed E-state index contributed by atoms with van der Waals surface area (Å²) in [5.41, 5.74) is 16.5. The lowest BCUT2D eigenvalue weighted by molar-refractivity contribution is 0.263. The van der Waals surface area contributed by atoms with Crippen LogP contribution in [0.2, 0.25) is 0 Å². The van der Waals surface area contributed by atoms with E-state index in [1.165, 1.54) is 6.21 Å². The summed E-state index contributed by atoms with van der Waals surface area (Å²) in [6, 6.07) is 0. The van der Waals surface area contributed by atoms with Gasteiger partial charge in [0.1, 0.15) is 5.82 Å². The molecule has 10 nitrogen and oxygen atoms in total. The van der Waals surface area contributed by atoms with Crippen molar-refractivity contribution in [2.75, 3.05) is 0 Å². The number of allylic oxidation sites excluding steroid dienone is 1. The van der Waals surface area contributed by atoms with Gasteiger partial charge in [-0.2, -0.15) is 8.42 Å². The lowest BCUT2D eigenvalue weighted by atomic mass is 10.4. The van der Waals surface area contributed by atoms with Gasteiger partial charge in [0, 0.05) is 0 Å². The summed E-state index contributed by atoms with van der Waals surface area (Å²) in [4.78, 5) is 3.73. The van der Waals surface area contributed by atoms with Crippen molar-refractivity contribution in [3.8, 4) is 0 Å². The maximum Gasteiger partial charge on any atom is 0.394 e. The highest BCUT2D eigenvalue weighted by Crippen LogP contribution is 2.02. The van der Waals surface area contributed by atoms with Crippen molar-refractivity contribution in [1.29, 1.82) is 0 Å². The van der Waals surface area contributed by atoms with Crippen LogP contribution in [-0.4, -0.2) is 35.0 Å². The minimum absolute atomic E-state index is 0.252. The Hall–Kier alpha value is -1.40. The molecule has 10 N–H and O–H groups in total. The molecule has 0 aromatic heterocycles. The summed E-state index contributed by atoms with van der Waals surface area (Å²) in [6.45, 7) is 0. The van der Waals surface area contributed by atoms with E-state index in [9.17, 15) is 0 Å². The molecule has 0 saturated heterocycles. The van der Waals surface area contributed by atoms with E-state index in [-0.39, 0.29) is 5.82 Å². The molecular formula is C4H12N6O4S. The zero-order valence-corrected chi connectivity index (χ0v) is 8.29. The molecule has 15 heavy (non-hydrogen) atoms. The maximum atomic E-state index is 8.74. The molecule has 1 aliphatic heterocycles. The number of hydrogen-bond acceptors (Lipinski definition) is 8. The number of aliphatic imine (C=N–C) groups is 1. The SMILES string of the molecule is NC1=C(N)N(N)C(N)N=C1.O=S(=O)(O)O. The van der Waals surface area contributed by atoms with E-state index < -0.39 is 16.7 Å². The van der Waals surface area contributed by atoms with Gasteiger partial charge >= 0.3 is 10.4 Å². The highest BCUT2D eigenvalue weighted by atomic mass is 32.3. The van der Waals surface area contributed by atoms with Gasteiger partial charge in [-0.25, -0.2) is 5.84 Å². The van der Waals surface area contributed by atoms with Crippen LogP contribution in [0, 0.1) is 0 Å². The molecule has 1 heterocycles. The molecule has 0 amide bonds. The molecule has 0 saturated carbocycles. The molecular weight excluding hydrogens is 228 g/mol. The second kappa shape index (κ2) is 4.90. The molecule has 0 fully saturated rings. The molecule has 0 radical (unpaired) electrons. The third-order valence-corrected chi connectivity index (χ3v) is 1.23. The molecule has 0 aromatic carbocycles. The van der Waals surface area contributed by atoms with E-state index in [2.05, 4.69) is 4.99 Å². The van der Waals surface area contributed by atoms with Crippen molar-refractivity contribution >= 4 is 16.6 Å². The summed E-state index contributed by atoms with van der Waals surface area (Å²) >= 11 is 0. The summed E-state index contributed by atoms with van der Waals surface area (Å²) < 4.78 is 31.6. The van der Waals surface area contributed by atoms with Crippen molar-refractivity contribution in [2.24, 2.45) is 28.0 Å². The van der Waals surface area contributed by atoms with E-state index in [1.54, 1.807) is 0 Å². The van der Waals surface area contributed by atoms with E-state index in [4.69, 9.17) is 40.6 Å². The first kappa shape index (κ1) is 13.6. The average Bonchev–Trinajstić information content (AvgIpc) is 2.05. The monoisotopic (exact) mass is 240 g/mol. The molecule has 0 aliphatic carbocycles. The van der Waals surface area contributed by atoms with Crippen LogP contribution in [0.5, 0.6) is 0 Å². The Kier molecular flexibility index (Phi) is 4.44. The standard InChI is InChI=1S/C4H10N6.H2O4S/c5-2-1-9-4(7)10(8)3(2)6;1-5(2,3)4/h1,4H,5-8H2;(H2,1,2,3,4). The van der Waals surface area contributed by atoms with E-state index in [0.29, 0.717) is 5.70 Å². The van der Waals surface area contributed by atoms with Gasteiger partial charge in [-0.1, -0.05) is 0 Å². The minimum atomic E-state index is -4.67. The first-order valence-electron chi connectivity index (χ1n) is 3.40. The Morgan fingerprint density at radius 3 is 2.13 bits per heavy atom. The summed E-state index contributed by atoms with van der Waals surface area (Å²) in [7, 11) is -4.67. The highest BCUT2D eigenvalue weighted by molar-refractivity contribution is 7.79. The van der Waals surface area contributed by atoms with Gasteiger partial charge < -0.3 is 11.5 Å². The van der Waals surface area contributed by atoms with Crippen molar-refractivity contribution in [3.63, 3.8) is 0 Å². The van der Waals surface area contributed by atoms with Crippen molar-refractivity contribution < 1.29 is 17.5 Å². The fourth-order valence-corrected chi connectivity index (χ4v) is 0.586. The normalized spacial score (nSPS) is 21.1. The van der Waals surface area contributed by atoms with Gasteiger partial charge in [-0.05, 0) is 0 Å². The third-order valence-electron chi connectivity index (χ3n) is 1.23. The summed E-state index contributed by atoms with van der Waals surface area (Å²) in [6.07, 6.45) is 0.774. The predicted octanol–water partition coefficient (Wildman–Crippen LogP) is -3.08. The van der Waals surface area contributed by atoms with Crippen LogP contribution in [0.1, 0.15) is 0 Å². The summed E-state index contributed by atoms with van der Waals surface area (Å²) in [5.74, 6) is 5.60. The quantitative estimate of drug-likeness (QED) is 0.188. The van der Waals surface area contributed by atoms with Gasteiger partial charge in [0.15, 0.2) is 6.29 Å². The lowest BCUT2D eigenvalue weighted by Crippen LogP contribution is -2.50. The topological polar surface area (TPSA) is 194 Å². The van der Waals surface area contributed by atoms with Gasteiger partial charge in [0.05, 0.1) is 11.9 Å². The fourth-order valence-electron chi connectivity index (χ4n) is 0.586. The van der Waals surface area contributed by atoms with Gasteiger partial charge in [-0.3, -0.25) is 24.8 Å². The van der Waals surface area contributed by atoms with Crippen LogP contribution >= 0.6 is 0 Å². The second-order valence-corrected chi connectivity index (χ2v) is 3.28. The molecule has 11 heteroatoms. The molecule has 1 aliphatic rings. The Balaban J connectivity index is 0.000000336. The minimum Gasteiger partial charge on any atom is -0.395 e. The Morgan fingerprint density at radius 2 is 1.80 bits per heavy atom. The zero-order chi connectivity index (χ0) is 12.2. The van der Waals surface area contributed by atoms with Crippen LogP contribution in [-0.2, 0) is 10.4 Å². The van der Waals surface area contributed by atoms with Crippen LogP contribution < -0.4 is 23.0 Å². The Labute approximate surface area is 85.8 Å². The zero-order valence-electron chi connectivity index (χ0n) is 7.48. The van der Waals surface area contributed by atoms with Crippen molar-refractivity contribution in [1.82, 2.24) is 5.01 Å². The van der Waals surface area contributed by atoms with Crippen LogP contribution in [0.15, 0.2) is 16.5 Å². The molecule has 1 rings (SSSR count). The first-order chi connectivity index (χ1) is 6.63. The average molecular weight is 240 g/mol. The van der Waals surface area contributed by atoms with Crippen molar-refractivity contribution in [2.45, 2.75) is 6.29 Å². The number of hydrogen-bond donors (Lipinski definition) is 6. The predicted molar refractivity (Wildman–Crippen MR) is 52.1 cm³/mol. The number of hydrazine groups is 1. The third kappa shape index (κ3) is 5.82. The second-order valence-electron chi connectivity index (χ2n) is 2.39. The van der Waals surface area contributed by atoms with Gasteiger partial charge in [0.25, 0.3) is 0 Å². The Bertz CT molecular complexity index is 367. The summed E-state index contributed by atoms with van der Waals surface area (Å²) in [5, 5.41) is 1.11. The van der Waals surface area contributed by atoms with E-state index in [1.807, 2.05) is 0 Å². The molecule has 0 bridgehead atoms. The highest BCUT2D eigenvalue weighted by Gasteiger charge is 2.15. The number of nitrogens with zero attached hydrogens (tertiary/aromatic N) is 2. The van der Waals surface area contributed by atoms with Crippen molar-refractivity contribution in [3.05, 3.63) is 11.5 Å². The van der Waals surface area contributed by atoms with Crippen LogP contribution in [0.3, 0.4) is 0 Å². The van der Waals surface area contributed by atoms with Gasteiger partial charge in [-0.15, -0.1) is 0 Å². The largest absolute Gasteiger partial charge is 0.395 e. The molecule has 0 spiro atoms. The molecule has 1 atom stereocenters. The molecule has 1 unspecified atom stereocenters. The number of rotatable bonds is 0. The Morgan fingerprint density at radius 1 is 1.40 bits per heavy atom. The van der Waals surface area contributed by atoms with E-state index >= 15 is 0 Å². The molecule has 88 valence electrons. The molecule has 0 aromatic rings. The van der Waals surface area contributed by atoms with E-state index in [0.717, 1.165) is 5.01 Å². The van der Waals surface area contributed by atoms with Gasteiger partial charge in [0.2, 0.25) is 0 Å². The maximum absolute atomic E-state index is 8.74. The smallest absolute Gasteiger partial charge is 0.394 e. The van der Waals surface area contributed by atoms with Crippen LogP contribution in [0.4, 0.5) is 0 Å².